The molecule has 0 saturated carbocycles. The zero-order valence-corrected chi connectivity index (χ0v) is 17.5. The van der Waals surface area contributed by atoms with Gasteiger partial charge in [-0.3, -0.25) is 9.59 Å². The van der Waals surface area contributed by atoms with Crippen molar-refractivity contribution in [2.45, 2.75) is 38.8 Å². The molecule has 0 aromatic heterocycles. The van der Waals surface area contributed by atoms with Crippen molar-refractivity contribution in [1.82, 2.24) is 10.6 Å². The van der Waals surface area contributed by atoms with Gasteiger partial charge in [0.25, 0.3) is 11.8 Å². The third kappa shape index (κ3) is 5.35. The van der Waals surface area contributed by atoms with Crippen LogP contribution in [0.5, 0.6) is 0 Å². The topological polar surface area (TPSA) is 58.2 Å². The molecule has 30 heavy (non-hydrogen) atoms. The first-order chi connectivity index (χ1) is 14.6. The molecule has 0 radical (unpaired) electrons. The SMILES string of the molecule is CCC(NC(=O)c1ccc(C(=O)NC(CC)c2ccccc2)cc1)c1ccccc1. The summed E-state index contributed by atoms with van der Waals surface area (Å²) >= 11 is 0. The van der Waals surface area contributed by atoms with Crippen molar-refractivity contribution < 1.29 is 9.59 Å². The molecule has 154 valence electrons. The second-order valence-electron chi connectivity index (χ2n) is 7.27. The maximum atomic E-state index is 12.7. The van der Waals surface area contributed by atoms with E-state index in [9.17, 15) is 9.59 Å². The summed E-state index contributed by atoms with van der Waals surface area (Å²) in [5.41, 5.74) is 3.23. The number of hydrogen-bond donors (Lipinski definition) is 2. The Kier molecular flexibility index (Phi) is 7.39. The number of benzene rings is 3. The second-order valence-corrected chi connectivity index (χ2v) is 7.27. The zero-order valence-electron chi connectivity index (χ0n) is 17.5. The minimum Gasteiger partial charge on any atom is -0.345 e. The van der Waals surface area contributed by atoms with Gasteiger partial charge in [-0.05, 0) is 48.2 Å². The van der Waals surface area contributed by atoms with E-state index in [1.807, 2.05) is 74.5 Å². The molecule has 0 fully saturated rings. The van der Waals surface area contributed by atoms with Gasteiger partial charge in [0.1, 0.15) is 0 Å². The first kappa shape index (κ1) is 21.3. The molecule has 0 bridgehead atoms. The smallest absolute Gasteiger partial charge is 0.251 e. The largest absolute Gasteiger partial charge is 0.345 e. The van der Waals surface area contributed by atoms with Crippen molar-refractivity contribution in [3.63, 3.8) is 0 Å². The predicted octanol–water partition coefficient (Wildman–Crippen LogP) is 5.45. The minimum atomic E-state index is -0.145. The lowest BCUT2D eigenvalue weighted by atomic mass is 10.0. The number of amides is 2. The van der Waals surface area contributed by atoms with Gasteiger partial charge in [-0.1, -0.05) is 74.5 Å². The highest BCUT2D eigenvalue weighted by molar-refractivity contribution is 5.98. The Morgan fingerprint density at radius 2 is 0.933 bits per heavy atom. The van der Waals surface area contributed by atoms with Crippen LogP contribution in [0.2, 0.25) is 0 Å². The number of nitrogens with one attached hydrogen (secondary N) is 2. The van der Waals surface area contributed by atoms with Crippen LogP contribution in [-0.4, -0.2) is 11.8 Å². The Hall–Kier alpha value is -3.40. The molecule has 2 N–H and O–H groups in total. The minimum absolute atomic E-state index is 0.0436. The van der Waals surface area contributed by atoms with E-state index in [-0.39, 0.29) is 23.9 Å². The highest BCUT2D eigenvalue weighted by atomic mass is 16.2. The third-order valence-corrected chi connectivity index (χ3v) is 5.24. The Balaban J connectivity index is 1.65. The molecule has 0 spiro atoms. The third-order valence-electron chi connectivity index (χ3n) is 5.24. The van der Waals surface area contributed by atoms with E-state index in [0.717, 1.165) is 24.0 Å². The molecule has 3 aromatic rings. The Bertz CT molecular complexity index is 873. The molecule has 3 rings (SSSR count). The number of carbonyl (C=O) groups is 2. The van der Waals surface area contributed by atoms with Gasteiger partial charge in [0, 0.05) is 11.1 Å². The van der Waals surface area contributed by atoms with Crippen LogP contribution in [0, 0.1) is 0 Å². The first-order valence-corrected chi connectivity index (χ1v) is 10.4. The molecule has 0 aliphatic rings. The molecule has 0 saturated heterocycles. The molecule has 0 heterocycles. The van der Waals surface area contributed by atoms with Gasteiger partial charge in [-0.25, -0.2) is 0 Å². The van der Waals surface area contributed by atoms with Crippen LogP contribution in [0.4, 0.5) is 0 Å². The summed E-state index contributed by atoms with van der Waals surface area (Å²) in [4.78, 5) is 25.3. The van der Waals surface area contributed by atoms with Crippen molar-refractivity contribution >= 4 is 11.8 Å². The van der Waals surface area contributed by atoms with Crippen LogP contribution in [0.25, 0.3) is 0 Å². The Labute approximate surface area is 178 Å². The molecular formula is C26H28N2O2. The van der Waals surface area contributed by atoms with Crippen LogP contribution in [0.1, 0.15) is 70.6 Å². The lowest BCUT2D eigenvalue weighted by molar-refractivity contribution is 0.0923. The zero-order chi connectivity index (χ0) is 21.3. The molecule has 4 heteroatoms. The summed E-state index contributed by atoms with van der Waals surface area (Å²) < 4.78 is 0. The van der Waals surface area contributed by atoms with Crippen LogP contribution >= 0.6 is 0 Å². The van der Waals surface area contributed by atoms with Crippen molar-refractivity contribution in [3.05, 3.63) is 107 Å². The highest BCUT2D eigenvalue weighted by Gasteiger charge is 2.16. The van der Waals surface area contributed by atoms with E-state index >= 15 is 0 Å². The van der Waals surface area contributed by atoms with E-state index in [1.165, 1.54) is 0 Å². The van der Waals surface area contributed by atoms with Crippen LogP contribution < -0.4 is 10.6 Å². The lowest BCUT2D eigenvalue weighted by Gasteiger charge is -2.18. The number of carbonyl (C=O) groups excluding carboxylic acids is 2. The van der Waals surface area contributed by atoms with Crippen LogP contribution in [0.3, 0.4) is 0 Å². The molecule has 2 unspecified atom stereocenters. The number of rotatable bonds is 8. The summed E-state index contributed by atoms with van der Waals surface area (Å²) in [6.07, 6.45) is 1.60. The normalized spacial score (nSPS) is 12.6. The summed E-state index contributed by atoms with van der Waals surface area (Å²) in [6.45, 7) is 4.09. The lowest BCUT2D eigenvalue weighted by Crippen LogP contribution is -2.29. The van der Waals surface area contributed by atoms with Crippen LogP contribution in [-0.2, 0) is 0 Å². The second kappa shape index (κ2) is 10.4. The first-order valence-electron chi connectivity index (χ1n) is 10.4. The van der Waals surface area contributed by atoms with E-state index in [0.29, 0.717) is 11.1 Å². The predicted molar refractivity (Wildman–Crippen MR) is 120 cm³/mol. The maximum absolute atomic E-state index is 12.7. The van der Waals surface area contributed by atoms with Gasteiger partial charge in [-0.15, -0.1) is 0 Å². The van der Waals surface area contributed by atoms with Crippen molar-refractivity contribution in [2.75, 3.05) is 0 Å². The van der Waals surface area contributed by atoms with Gasteiger partial charge >= 0.3 is 0 Å². The van der Waals surface area contributed by atoms with E-state index < -0.39 is 0 Å². The van der Waals surface area contributed by atoms with Gasteiger partial charge in [-0.2, -0.15) is 0 Å². The summed E-state index contributed by atoms with van der Waals surface area (Å²) in [6, 6.07) is 26.6. The standard InChI is InChI=1S/C26H28N2O2/c1-3-23(19-11-7-5-8-12-19)27-25(29)21-15-17-22(18-16-21)26(30)28-24(4-2)20-13-9-6-10-14-20/h5-18,23-24H,3-4H2,1-2H3,(H,27,29)(H,28,30). The van der Waals surface area contributed by atoms with Crippen molar-refractivity contribution in [2.24, 2.45) is 0 Å². The maximum Gasteiger partial charge on any atom is 0.251 e. The molecule has 4 nitrogen and oxygen atoms in total. The molecular weight excluding hydrogens is 372 g/mol. The molecule has 0 aliphatic heterocycles. The summed E-state index contributed by atoms with van der Waals surface area (Å²) in [5, 5.41) is 6.14. The van der Waals surface area contributed by atoms with Crippen LogP contribution in [0.15, 0.2) is 84.9 Å². The van der Waals surface area contributed by atoms with Gasteiger partial charge in [0.05, 0.1) is 12.1 Å². The fourth-order valence-electron chi connectivity index (χ4n) is 3.47. The molecule has 0 aliphatic carbocycles. The average molecular weight is 401 g/mol. The fourth-order valence-corrected chi connectivity index (χ4v) is 3.47. The van der Waals surface area contributed by atoms with E-state index in [4.69, 9.17) is 0 Å². The van der Waals surface area contributed by atoms with Crippen molar-refractivity contribution in [3.8, 4) is 0 Å². The van der Waals surface area contributed by atoms with E-state index in [1.54, 1.807) is 24.3 Å². The Morgan fingerprint density at radius 3 is 1.23 bits per heavy atom. The van der Waals surface area contributed by atoms with Gasteiger partial charge < -0.3 is 10.6 Å². The van der Waals surface area contributed by atoms with Gasteiger partial charge in [0.15, 0.2) is 0 Å². The number of hydrogen-bond acceptors (Lipinski definition) is 2. The monoisotopic (exact) mass is 400 g/mol. The molecule has 3 aromatic carbocycles. The summed E-state index contributed by atoms with van der Waals surface area (Å²) in [7, 11) is 0. The Morgan fingerprint density at radius 1 is 0.600 bits per heavy atom. The highest BCUT2D eigenvalue weighted by Crippen LogP contribution is 2.18. The molecule has 2 atom stereocenters. The quantitative estimate of drug-likeness (QED) is 0.528. The van der Waals surface area contributed by atoms with Crippen molar-refractivity contribution in [1.29, 1.82) is 0 Å². The summed E-state index contributed by atoms with van der Waals surface area (Å²) in [5.74, 6) is -0.290. The average Bonchev–Trinajstić information content (AvgIpc) is 2.81. The fraction of sp³-hybridized carbons (Fsp3) is 0.231. The molecule has 2 amide bonds. The van der Waals surface area contributed by atoms with E-state index in [2.05, 4.69) is 10.6 Å². The van der Waals surface area contributed by atoms with Gasteiger partial charge in [0.2, 0.25) is 0 Å².